The van der Waals surface area contributed by atoms with Crippen molar-refractivity contribution >= 4 is 12.1 Å². The van der Waals surface area contributed by atoms with Crippen molar-refractivity contribution in [3.63, 3.8) is 0 Å². The average Bonchev–Trinajstić information content (AvgIpc) is 3.49. The molecule has 2 atom stereocenters. The molecule has 0 aliphatic carbocycles. The number of hydrogen-bond acceptors (Lipinski definition) is 10. The van der Waals surface area contributed by atoms with E-state index in [9.17, 15) is 14.7 Å². The highest BCUT2D eigenvalue weighted by Gasteiger charge is 2.49. The predicted octanol–water partition coefficient (Wildman–Crippen LogP) is 1.64. The highest BCUT2D eigenvalue weighted by molar-refractivity contribution is 5.84. The Morgan fingerprint density at radius 1 is 1.26 bits per heavy atom. The lowest BCUT2D eigenvalue weighted by Crippen LogP contribution is -2.60. The first kappa shape index (κ1) is 24.0. The molecule has 4 heterocycles. The van der Waals surface area contributed by atoms with Crippen LogP contribution < -0.4 is 4.74 Å². The van der Waals surface area contributed by atoms with Crippen LogP contribution in [0.25, 0.3) is 5.82 Å². The quantitative estimate of drug-likeness (QED) is 0.540. The number of aromatic nitrogens is 8. The van der Waals surface area contributed by atoms with Crippen LogP contribution in [-0.4, -0.2) is 79.9 Å². The Morgan fingerprint density at radius 2 is 2.06 bits per heavy atom. The summed E-state index contributed by atoms with van der Waals surface area (Å²) in [5.41, 5.74) is -1.61. The van der Waals surface area contributed by atoms with E-state index in [0.717, 1.165) is 0 Å². The second-order valence-electron chi connectivity index (χ2n) is 9.41. The summed E-state index contributed by atoms with van der Waals surface area (Å²) in [4.78, 5) is 31.8. The van der Waals surface area contributed by atoms with Gasteiger partial charge in [0, 0.05) is 13.0 Å². The van der Waals surface area contributed by atoms with Gasteiger partial charge in [-0.2, -0.15) is 19.7 Å². The van der Waals surface area contributed by atoms with Gasteiger partial charge in [-0.1, -0.05) is 0 Å². The lowest BCUT2D eigenvalue weighted by Gasteiger charge is -2.44. The topological polar surface area (TPSA) is 163 Å². The maximum Gasteiger partial charge on any atom is 0.411 e. The van der Waals surface area contributed by atoms with E-state index in [1.165, 1.54) is 27.6 Å². The first-order valence-corrected chi connectivity index (χ1v) is 11.0. The van der Waals surface area contributed by atoms with Crippen LogP contribution >= 0.6 is 0 Å². The maximum atomic E-state index is 12.7. The molecule has 0 spiro atoms. The first-order chi connectivity index (χ1) is 16.5. The number of piperidine rings is 1. The molecule has 0 bridgehead atoms. The number of hydrogen-bond donors (Lipinski definition) is 1. The van der Waals surface area contributed by atoms with Crippen LogP contribution in [0.2, 0.25) is 0 Å². The molecule has 0 saturated carbocycles. The van der Waals surface area contributed by atoms with Gasteiger partial charge in [-0.05, 0) is 56.7 Å². The van der Waals surface area contributed by atoms with Gasteiger partial charge in [0.05, 0.1) is 18.4 Å². The number of carbonyl (C=O) groups excluding carboxylic acids is 1. The molecule has 1 aliphatic rings. The Hall–Kier alpha value is -4.10. The first-order valence-electron chi connectivity index (χ1n) is 11.0. The van der Waals surface area contributed by atoms with Crippen molar-refractivity contribution in [1.29, 1.82) is 0 Å². The monoisotopic (exact) mass is 485 g/mol. The number of likely N-dealkylation sites (tertiary alicyclic amines) is 1. The minimum absolute atomic E-state index is 0.138. The van der Waals surface area contributed by atoms with E-state index in [-0.39, 0.29) is 25.6 Å². The molecule has 0 radical (unpaired) electrons. The fourth-order valence-electron chi connectivity index (χ4n) is 3.77. The molecule has 14 nitrogen and oxygen atoms in total. The summed E-state index contributed by atoms with van der Waals surface area (Å²) < 4.78 is 12.6. The molecule has 0 unspecified atom stereocenters. The van der Waals surface area contributed by atoms with Crippen LogP contribution in [0.3, 0.4) is 0 Å². The van der Waals surface area contributed by atoms with E-state index >= 15 is 0 Å². The molecule has 186 valence electrons. The van der Waals surface area contributed by atoms with Gasteiger partial charge in [0.1, 0.15) is 35.5 Å². The molecule has 1 aliphatic heterocycles. The third kappa shape index (κ3) is 5.36. The van der Waals surface area contributed by atoms with E-state index in [4.69, 9.17) is 9.47 Å². The number of tetrazole rings is 1. The summed E-state index contributed by atoms with van der Waals surface area (Å²) in [7, 11) is 0. The van der Waals surface area contributed by atoms with Gasteiger partial charge in [-0.3, -0.25) is 4.90 Å². The molecule has 3 aromatic heterocycles. The van der Waals surface area contributed by atoms with E-state index in [2.05, 4.69) is 30.7 Å². The van der Waals surface area contributed by atoms with Crippen LogP contribution in [-0.2, 0) is 16.1 Å². The van der Waals surface area contributed by atoms with Crippen LogP contribution in [0.4, 0.5) is 4.79 Å². The molecular weight excluding hydrogens is 458 g/mol. The number of carbonyl (C=O) groups is 2. The van der Waals surface area contributed by atoms with Crippen molar-refractivity contribution < 1.29 is 24.2 Å². The van der Waals surface area contributed by atoms with E-state index in [1.807, 2.05) is 0 Å². The van der Waals surface area contributed by atoms with E-state index in [0.29, 0.717) is 23.7 Å². The molecule has 1 amide bonds. The zero-order valence-corrected chi connectivity index (χ0v) is 19.9. The minimum Gasteiger partial charge on any atom is -0.486 e. The lowest BCUT2D eigenvalue weighted by atomic mass is 9.86. The van der Waals surface area contributed by atoms with Gasteiger partial charge in [-0.25, -0.2) is 14.6 Å². The second-order valence-corrected chi connectivity index (χ2v) is 9.41. The molecule has 35 heavy (non-hydrogen) atoms. The Labute approximate surface area is 200 Å². The molecule has 1 N–H and O–H groups in total. The number of aliphatic carboxylic acids is 1. The molecule has 1 fully saturated rings. The van der Waals surface area contributed by atoms with Gasteiger partial charge >= 0.3 is 12.1 Å². The Balaban J connectivity index is 1.39. The third-order valence-corrected chi connectivity index (χ3v) is 5.56. The van der Waals surface area contributed by atoms with Crippen molar-refractivity contribution in [3.8, 4) is 11.6 Å². The Kier molecular flexibility index (Phi) is 6.37. The highest BCUT2D eigenvalue weighted by atomic mass is 16.6. The normalized spacial score (nSPS) is 20.5. The molecular formula is C21H27N9O5. The fourth-order valence-corrected chi connectivity index (χ4v) is 3.77. The zero-order chi connectivity index (χ0) is 25.2. The number of amides is 1. The minimum atomic E-state index is -1.46. The number of pyridine rings is 1. The van der Waals surface area contributed by atoms with Crippen LogP contribution in [0.15, 0.2) is 30.9 Å². The Bertz CT molecular complexity index is 1170. The molecule has 1 saturated heterocycles. The van der Waals surface area contributed by atoms with Crippen molar-refractivity contribution in [2.45, 2.75) is 64.3 Å². The summed E-state index contributed by atoms with van der Waals surface area (Å²) >= 11 is 0. The standard InChI is InChI=1S/C21H27N9O5/c1-20(2,3)35-19(33)28-8-7-15(9-21(28,4)18(31)32)30-24-10-14(25-30)12-34-16-5-6-17(22-11-16)29-13-23-26-27-29/h5-6,10-11,13,15H,7-9,12H2,1-4H3,(H,31,32)/t15-,21+/m1/s1. The van der Waals surface area contributed by atoms with Gasteiger partial charge in [0.2, 0.25) is 0 Å². The number of nitrogens with zero attached hydrogens (tertiary/aromatic N) is 9. The maximum absolute atomic E-state index is 12.7. The van der Waals surface area contributed by atoms with Gasteiger partial charge < -0.3 is 14.6 Å². The SMILES string of the molecule is CC(C)(C)OC(=O)N1CC[C@@H](n2ncc(COc3ccc(-n4cnnn4)nc3)n2)C[C@@]1(C)C(=O)O. The number of rotatable bonds is 6. The van der Waals surface area contributed by atoms with Crippen molar-refractivity contribution in [3.05, 3.63) is 36.5 Å². The lowest BCUT2D eigenvalue weighted by molar-refractivity contribution is -0.153. The van der Waals surface area contributed by atoms with Gasteiger partial charge in [-0.15, -0.1) is 5.10 Å². The zero-order valence-electron chi connectivity index (χ0n) is 19.9. The average molecular weight is 486 g/mol. The van der Waals surface area contributed by atoms with E-state index < -0.39 is 23.2 Å². The summed E-state index contributed by atoms with van der Waals surface area (Å²) in [5, 5.41) is 29.6. The molecule has 4 rings (SSSR count). The summed E-state index contributed by atoms with van der Waals surface area (Å²) in [6.45, 7) is 7.10. The summed E-state index contributed by atoms with van der Waals surface area (Å²) in [6.07, 6.45) is 4.53. The van der Waals surface area contributed by atoms with Crippen molar-refractivity contribution in [2.24, 2.45) is 0 Å². The molecule has 3 aromatic rings. The van der Waals surface area contributed by atoms with E-state index in [1.54, 1.807) is 45.3 Å². The number of ether oxygens (including phenoxy) is 2. The Morgan fingerprint density at radius 3 is 2.69 bits per heavy atom. The number of carboxylic acids is 1. The third-order valence-electron chi connectivity index (χ3n) is 5.56. The van der Waals surface area contributed by atoms with Crippen molar-refractivity contribution in [1.82, 2.24) is 45.1 Å². The predicted molar refractivity (Wildman–Crippen MR) is 119 cm³/mol. The van der Waals surface area contributed by atoms with Crippen LogP contribution in [0.5, 0.6) is 5.75 Å². The summed E-state index contributed by atoms with van der Waals surface area (Å²) in [5.74, 6) is -0.0330. The fraction of sp³-hybridized carbons (Fsp3) is 0.524. The largest absolute Gasteiger partial charge is 0.486 e. The van der Waals surface area contributed by atoms with Gasteiger partial charge in [0.15, 0.2) is 5.82 Å². The highest BCUT2D eigenvalue weighted by Crippen LogP contribution is 2.35. The second kappa shape index (κ2) is 9.27. The molecule has 14 heteroatoms. The summed E-state index contributed by atoms with van der Waals surface area (Å²) in [6, 6.07) is 3.15. The van der Waals surface area contributed by atoms with Crippen LogP contribution in [0, 0.1) is 0 Å². The number of carboxylic acid groups (broad SMARTS) is 1. The van der Waals surface area contributed by atoms with Crippen molar-refractivity contribution in [2.75, 3.05) is 6.54 Å². The molecule has 0 aromatic carbocycles. The van der Waals surface area contributed by atoms with Crippen LogP contribution in [0.1, 0.15) is 52.3 Å². The van der Waals surface area contributed by atoms with Gasteiger partial charge in [0.25, 0.3) is 0 Å². The smallest absolute Gasteiger partial charge is 0.411 e.